The van der Waals surface area contributed by atoms with Crippen LogP contribution in [0.5, 0.6) is 5.75 Å². The fourth-order valence-corrected chi connectivity index (χ4v) is 7.38. The molecule has 0 unspecified atom stereocenters. The minimum absolute atomic E-state index is 0.000428. The van der Waals surface area contributed by atoms with Gasteiger partial charge in [0.1, 0.15) is 17.9 Å². The van der Waals surface area contributed by atoms with Gasteiger partial charge in [-0.15, -0.1) is 0 Å². The van der Waals surface area contributed by atoms with Crippen molar-refractivity contribution in [1.29, 1.82) is 0 Å². The Bertz CT molecular complexity index is 1690. The number of rotatable bonds is 10. The van der Waals surface area contributed by atoms with E-state index >= 15 is 0 Å². The number of amides is 2. The van der Waals surface area contributed by atoms with Crippen molar-refractivity contribution in [3.8, 4) is 5.75 Å². The van der Waals surface area contributed by atoms with E-state index in [1.807, 2.05) is 18.2 Å². The van der Waals surface area contributed by atoms with Gasteiger partial charge in [-0.2, -0.15) is 4.31 Å². The lowest BCUT2D eigenvalue weighted by molar-refractivity contribution is -0.151. The van der Waals surface area contributed by atoms with Crippen molar-refractivity contribution < 1.29 is 32.3 Å². The summed E-state index contributed by atoms with van der Waals surface area (Å²) in [7, 11) is -2.38. The van der Waals surface area contributed by atoms with Crippen LogP contribution >= 0.6 is 11.6 Å². The molecule has 0 radical (unpaired) electrons. The quantitative estimate of drug-likeness (QED) is 0.315. The molecule has 2 fully saturated rings. The van der Waals surface area contributed by atoms with Gasteiger partial charge in [0.15, 0.2) is 10.8 Å². The molecule has 0 saturated carbocycles. The molecule has 4 heterocycles. The van der Waals surface area contributed by atoms with E-state index in [1.165, 1.54) is 23.2 Å². The van der Waals surface area contributed by atoms with E-state index in [4.69, 9.17) is 21.1 Å². The summed E-state index contributed by atoms with van der Waals surface area (Å²) in [6.07, 6.45) is 4.25. The third-order valence-electron chi connectivity index (χ3n) is 7.86. The maximum Gasteiger partial charge on any atom is 0.415 e. The van der Waals surface area contributed by atoms with E-state index in [9.17, 15) is 22.8 Å². The molecule has 2 amide bonds. The Morgan fingerprint density at radius 3 is 2.47 bits per heavy atom. The van der Waals surface area contributed by atoms with Crippen LogP contribution in [0.3, 0.4) is 0 Å². The number of hydrogen-bond acceptors (Lipinski definition) is 10. The Morgan fingerprint density at radius 1 is 1.06 bits per heavy atom. The summed E-state index contributed by atoms with van der Waals surface area (Å²) in [4.78, 5) is 51.5. The van der Waals surface area contributed by atoms with Gasteiger partial charge in [-0.05, 0) is 56.5 Å². The van der Waals surface area contributed by atoms with E-state index in [2.05, 4.69) is 20.2 Å². The van der Waals surface area contributed by atoms with Gasteiger partial charge in [-0.1, -0.05) is 23.7 Å². The predicted octanol–water partition coefficient (Wildman–Crippen LogP) is 2.62. The fourth-order valence-electron chi connectivity index (χ4n) is 5.52. The minimum atomic E-state index is -4.03. The number of imidazole rings is 1. The second-order valence-electron chi connectivity index (χ2n) is 11.7. The van der Waals surface area contributed by atoms with Crippen LogP contribution in [-0.4, -0.2) is 101 Å². The standard InChI is InChI=1S/C31H38ClN7O7S/c1-21(2)45-30(41)24(35-29(40)25-7-6-12-39(25)47(43,44)28-19-36(3)20-34-28)18-22-9-10-26(23(32)17-22)46-31(42)38-15-13-37(14-16-38)27-8-4-5-11-33-27/h4-5,8-11,17,19-21,24-25H,6-7,12-16,18H2,1-3H3,(H,35,40)/t24-,25-/m0/s1. The molecule has 2 aromatic heterocycles. The number of ether oxygens (including phenoxy) is 2. The van der Waals surface area contributed by atoms with Crippen molar-refractivity contribution in [2.45, 2.75) is 56.3 Å². The van der Waals surface area contributed by atoms with Crippen LogP contribution in [0.2, 0.25) is 5.02 Å². The summed E-state index contributed by atoms with van der Waals surface area (Å²) < 4.78 is 40.2. The number of hydrogen-bond donors (Lipinski definition) is 1. The highest BCUT2D eigenvalue weighted by molar-refractivity contribution is 7.89. The molecule has 47 heavy (non-hydrogen) atoms. The number of sulfonamides is 1. The molecule has 16 heteroatoms. The number of carbonyl (C=O) groups excluding carboxylic acids is 3. The maximum absolute atomic E-state index is 13.5. The van der Waals surface area contributed by atoms with E-state index in [1.54, 1.807) is 44.1 Å². The highest BCUT2D eigenvalue weighted by atomic mass is 35.5. The number of pyridine rings is 1. The highest BCUT2D eigenvalue weighted by Gasteiger charge is 2.41. The summed E-state index contributed by atoms with van der Waals surface area (Å²) in [6.45, 7) is 5.63. The number of benzene rings is 1. The molecule has 2 saturated heterocycles. The normalized spacial score (nSPS) is 17.9. The topological polar surface area (TPSA) is 156 Å². The number of nitrogens with one attached hydrogen (secondary N) is 1. The van der Waals surface area contributed by atoms with Gasteiger partial charge in [0.05, 0.1) is 17.5 Å². The highest BCUT2D eigenvalue weighted by Crippen LogP contribution is 2.28. The first-order chi connectivity index (χ1) is 22.4. The number of aryl methyl sites for hydroxylation is 1. The molecule has 3 aromatic rings. The number of piperazine rings is 1. The van der Waals surface area contributed by atoms with Crippen molar-refractivity contribution in [2.75, 3.05) is 37.6 Å². The average molecular weight is 688 g/mol. The van der Waals surface area contributed by atoms with E-state index < -0.39 is 46.2 Å². The summed E-state index contributed by atoms with van der Waals surface area (Å²) in [5, 5.41) is 2.70. The molecule has 0 aliphatic carbocycles. The Balaban J connectivity index is 1.23. The molecule has 2 atom stereocenters. The Labute approximate surface area is 278 Å². The van der Waals surface area contributed by atoms with Crippen LogP contribution in [-0.2, 0) is 37.8 Å². The van der Waals surface area contributed by atoms with E-state index in [0.29, 0.717) is 38.2 Å². The zero-order valence-corrected chi connectivity index (χ0v) is 28.0. The molecular weight excluding hydrogens is 650 g/mol. The number of anilines is 1. The first-order valence-corrected chi connectivity index (χ1v) is 17.2. The summed E-state index contributed by atoms with van der Waals surface area (Å²) in [6, 6.07) is 8.26. The number of halogens is 1. The summed E-state index contributed by atoms with van der Waals surface area (Å²) in [5.41, 5.74) is 0.564. The first kappa shape index (κ1) is 34.1. The van der Waals surface area contributed by atoms with Gasteiger partial charge in [-0.25, -0.2) is 28.0 Å². The Morgan fingerprint density at radius 2 is 1.83 bits per heavy atom. The SMILES string of the molecule is CC(C)OC(=O)[C@H](Cc1ccc(OC(=O)N2CCN(c3ccccn3)CC2)c(Cl)c1)NC(=O)[C@@H]1CCCN1S(=O)(=O)c1cn(C)cn1. The molecular formula is C31H38ClN7O7S. The zero-order chi connectivity index (χ0) is 33.7. The van der Waals surface area contributed by atoms with Gasteiger partial charge in [-0.3, -0.25) is 4.79 Å². The molecule has 252 valence electrons. The molecule has 1 aromatic carbocycles. The maximum atomic E-state index is 13.5. The van der Waals surface area contributed by atoms with Crippen LogP contribution in [0.1, 0.15) is 32.3 Å². The monoisotopic (exact) mass is 687 g/mol. The molecule has 5 rings (SSSR count). The van der Waals surface area contributed by atoms with Gasteiger partial charge in [0.2, 0.25) is 5.91 Å². The van der Waals surface area contributed by atoms with Crippen LogP contribution in [0.25, 0.3) is 0 Å². The Hall–Kier alpha value is -4.21. The van der Waals surface area contributed by atoms with Crippen molar-refractivity contribution in [1.82, 2.24) is 29.1 Å². The van der Waals surface area contributed by atoms with Crippen molar-refractivity contribution in [3.05, 3.63) is 65.7 Å². The summed E-state index contributed by atoms with van der Waals surface area (Å²) >= 11 is 6.50. The van der Waals surface area contributed by atoms with E-state index in [0.717, 1.165) is 10.1 Å². The smallest absolute Gasteiger partial charge is 0.415 e. The summed E-state index contributed by atoms with van der Waals surface area (Å²) in [5.74, 6) is -0.297. The molecule has 0 bridgehead atoms. The first-order valence-electron chi connectivity index (χ1n) is 15.3. The minimum Gasteiger partial charge on any atom is -0.461 e. The third kappa shape index (κ3) is 8.21. The number of carbonyl (C=O) groups is 3. The number of nitrogens with zero attached hydrogens (tertiary/aromatic N) is 6. The van der Waals surface area contributed by atoms with Gasteiger partial charge < -0.3 is 29.2 Å². The lowest BCUT2D eigenvalue weighted by Crippen LogP contribution is -2.52. The van der Waals surface area contributed by atoms with Crippen molar-refractivity contribution in [2.24, 2.45) is 7.05 Å². The lowest BCUT2D eigenvalue weighted by atomic mass is 10.0. The van der Waals surface area contributed by atoms with Gasteiger partial charge >= 0.3 is 12.1 Å². The van der Waals surface area contributed by atoms with Crippen LogP contribution < -0.4 is 15.0 Å². The van der Waals surface area contributed by atoms with Crippen molar-refractivity contribution in [3.63, 3.8) is 0 Å². The fraction of sp³-hybridized carbons (Fsp3) is 0.452. The number of aromatic nitrogens is 3. The average Bonchev–Trinajstić information content (AvgIpc) is 3.73. The Kier molecular flexibility index (Phi) is 10.7. The molecule has 2 aliphatic rings. The van der Waals surface area contributed by atoms with E-state index in [-0.39, 0.29) is 35.2 Å². The van der Waals surface area contributed by atoms with Crippen LogP contribution in [0.15, 0.2) is 60.1 Å². The van der Waals surface area contributed by atoms with Crippen LogP contribution in [0, 0.1) is 0 Å². The molecule has 14 nitrogen and oxygen atoms in total. The second kappa shape index (κ2) is 14.7. The molecule has 2 aliphatic heterocycles. The molecule has 1 N–H and O–H groups in total. The van der Waals surface area contributed by atoms with Crippen LogP contribution in [0.4, 0.5) is 10.6 Å². The largest absolute Gasteiger partial charge is 0.461 e. The van der Waals surface area contributed by atoms with Gasteiger partial charge in [0.25, 0.3) is 10.0 Å². The zero-order valence-electron chi connectivity index (χ0n) is 26.4. The lowest BCUT2D eigenvalue weighted by Gasteiger charge is -2.34. The molecule has 0 spiro atoms. The second-order valence-corrected chi connectivity index (χ2v) is 13.9. The van der Waals surface area contributed by atoms with Gasteiger partial charge in [0, 0.05) is 58.6 Å². The third-order valence-corrected chi connectivity index (χ3v) is 9.95. The van der Waals surface area contributed by atoms with Crippen molar-refractivity contribution >= 4 is 45.4 Å². The predicted molar refractivity (Wildman–Crippen MR) is 172 cm³/mol. The number of esters is 1.